The second-order valence-corrected chi connectivity index (χ2v) is 3.20. The number of nitrogens with zero attached hydrogens (tertiary/aromatic N) is 1. The molecule has 0 heterocycles. The lowest BCUT2D eigenvalue weighted by atomic mass is 10.0. The maximum absolute atomic E-state index is 10.8. The Labute approximate surface area is 85.9 Å². The molecule has 1 N–H and O–H groups in total. The van der Waals surface area contributed by atoms with Gasteiger partial charge in [0.25, 0.3) is 5.69 Å². The third-order valence-electron chi connectivity index (χ3n) is 2.36. The number of hydrogen-bond donors (Lipinski definition) is 1. The van der Waals surface area contributed by atoms with Crippen LogP contribution in [0.15, 0.2) is 36.4 Å². The summed E-state index contributed by atoms with van der Waals surface area (Å²) in [6, 6.07) is 10.0. The van der Waals surface area contributed by atoms with Crippen LogP contribution in [0.5, 0.6) is 0 Å². The highest BCUT2D eigenvalue weighted by Gasteiger charge is 2.12. The normalized spacial score (nSPS) is 10.5. The summed E-state index contributed by atoms with van der Waals surface area (Å²) < 4.78 is 0. The molecular weight excluding hydrogens is 194 g/mol. The minimum Gasteiger partial charge on any atom is -0.392 e. The first kappa shape index (κ1) is 9.61. The van der Waals surface area contributed by atoms with Gasteiger partial charge in [0.2, 0.25) is 0 Å². The summed E-state index contributed by atoms with van der Waals surface area (Å²) in [4.78, 5) is 10.3. The number of hydrogen-bond acceptors (Lipinski definition) is 3. The molecule has 0 amide bonds. The van der Waals surface area contributed by atoms with E-state index >= 15 is 0 Å². The van der Waals surface area contributed by atoms with Crippen LogP contribution in [0.25, 0.3) is 10.8 Å². The first-order chi connectivity index (χ1) is 7.24. The van der Waals surface area contributed by atoms with Gasteiger partial charge >= 0.3 is 0 Å². The lowest BCUT2D eigenvalue weighted by molar-refractivity contribution is -0.383. The van der Waals surface area contributed by atoms with Gasteiger partial charge in [0, 0.05) is 6.07 Å². The van der Waals surface area contributed by atoms with Gasteiger partial charge in [0.15, 0.2) is 0 Å². The second kappa shape index (κ2) is 3.67. The van der Waals surface area contributed by atoms with E-state index in [1.54, 1.807) is 30.3 Å². The third-order valence-corrected chi connectivity index (χ3v) is 2.36. The molecule has 0 aromatic heterocycles. The Kier molecular flexibility index (Phi) is 2.35. The van der Waals surface area contributed by atoms with Crippen molar-refractivity contribution in [1.82, 2.24) is 0 Å². The topological polar surface area (TPSA) is 63.4 Å². The minimum absolute atomic E-state index is 0.0720. The number of aliphatic hydroxyl groups is 1. The number of nitro groups is 1. The van der Waals surface area contributed by atoms with Crippen LogP contribution < -0.4 is 0 Å². The van der Waals surface area contributed by atoms with Gasteiger partial charge in [-0.15, -0.1) is 0 Å². The van der Waals surface area contributed by atoms with E-state index in [0.29, 0.717) is 10.9 Å². The first-order valence-corrected chi connectivity index (χ1v) is 4.50. The van der Waals surface area contributed by atoms with E-state index in [9.17, 15) is 10.1 Å². The highest BCUT2D eigenvalue weighted by Crippen LogP contribution is 2.27. The van der Waals surface area contributed by atoms with Crippen molar-refractivity contribution in [2.45, 2.75) is 6.61 Å². The molecule has 0 atom stereocenters. The molecule has 76 valence electrons. The number of non-ortho nitro benzene ring substituents is 1. The van der Waals surface area contributed by atoms with Crippen LogP contribution in [0.4, 0.5) is 5.69 Å². The Hall–Kier alpha value is -1.94. The highest BCUT2D eigenvalue weighted by atomic mass is 16.6. The van der Waals surface area contributed by atoms with Crippen LogP contribution >= 0.6 is 0 Å². The molecule has 4 nitrogen and oxygen atoms in total. The van der Waals surface area contributed by atoms with Crippen molar-refractivity contribution in [2.24, 2.45) is 0 Å². The Morgan fingerprint density at radius 1 is 1.13 bits per heavy atom. The molecule has 0 fully saturated rings. The Morgan fingerprint density at radius 2 is 1.80 bits per heavy atom. The summed E-state index contributed by atoms with van der Waals surface area (Å²) in [5, 5.41) is 21.1. The van der Waals surface area contributed by atoms with E-state index in [1.807, 2.05) is 0 Å². The van der Waals surface area contributed by atoms with Crippen LogP contribution in [-0.2, 0) is 6.61 Å². The van der Waals surface area contributed by atoms with Crippen LogP contribution in [0.1, 0.15) is 5.56 Å². The maximum atomic E-state index is 10.8. The van der Waals surface area contributed by atoms with Gasteiger partial charge in [0.05, 0.1) is 16.9 Å². The summed E-state index contributed by atoms with van der Waals surface area (Å²) in [7, 11) is 0. The largest absolute Gasteiger partial charge is 0.392 e. The SMILES string of the molecule is O=[N+]([O-])c1ccc(CO)c2ccccc12. The van der Waals surface area contributed by atoms with Gasteiger partial charge in [-0.05, 0) is 23.1 Å². The summed E-state index contributed by atoms with van der Waals surface area (Å²) in [6.45, 7) is -0.113. The van der Waals surface area contributed by atoms with Crippen molar-refractivity contribution in [3.63, 3.8) is 0 Å². The Morgan fingerprint density at radius 3 is 2.40 bits per heavy atom. The van der Waals surface area contributed by atoms with Crippen molar-refractivity contribution in [2.75, 3.05) is 0 Å². The van der Waals surface area contributed by atoms with Crippen molar-refractivity contribution in [3.05, 3.63) is 52.1 Å². The Bertz CT molecular complexity index is 522. The molecule has 0 unspecified atom stereocenters. The highest BCUT2D eigenvalue weighted by molar-refractivity contribution is 5.93. The van der Waals surface area contributed by atoms with Crippen molar-refractivity contribution in [3.8, 4) is 0 Å². The van der Waals surface area contributed by atoms with Gasteiger partial charge in [0.1, 0.15) is 0 Å². The lowest BCUT2D eigenvalue weighted by Gasteiger charge is -2.03. The predicted molar refractivity (Wildman–Crippen MR) is 56.5 cm³/mol. The molecule has 0 saturated heterocycles. The molecule has 0 spiro atoms. The number of aliphatic hydroxyl groups excluding tert-OH is 1. The third kappa shape index (κ3) is 1.55. The minimum atomic E-state index is -0.413. The predicted octanol–water partition coefficient (Wildman–Crippen LogP) is 2.24. The summed E-state index contributed by atoms with van der Waals surface area (Å²) in [5.41, 5.74) is 0.777. The number of fused-ring (bicyclic) bond motifs is 1. The number of rotatable bonds is 2. The molecule has 0 radical (unpaired) electrons. The van der Waals surface area contributed by atoms with E-state index in [0.717, 1.165) is 5.39 Å². The zero-order valence-electron chi connectivity index (χ0n) is 7.88. The maximum Gasteiger partial charge on any atom is 0.277 e. The summed E-state index contributed by atoms with van der Waals surface area (Å²) >= 11 is 0. The number of benzene rings is 2. The van der Waals surface area contributed by atoms with Gasteiger partial charge in [-0.3, -0.25) is 10.1 Å². The van der Waals surface area contributed by atoms with Gasteiger partial charge in [-0.2, -0.15) is 0 Å². The molecule has 2 aromatic rings. The fraction of sp³-hybridized carbons (Fsp3) is 0.0909. The molecule has 0 saturated carbocycles. The molecule has 15 heavy (non-hydrogen) atoms. The monoisotopic (exact) mass is 203 g/mol. The van der Waals surface area contributed by atoms with E-state index in [-0.39, 0.29) is 12.3 Å². The van der Waals surface area contributed by atoms with Crippen molar-refractivity contribution < 1.29 is 10.0 Å². The molecule has 0 aliphatic carbocycles. The van der Waals surface area contributed by atoms with E-state index in [1.165, 1.54) is 6.07 Å². The van der Waals surface area contributed by atoms with Crippen LogP contribution in [0.3, 0.4) is 0 Å². The van der Waals surface area contributed by atoms with Gasteiger partial charge in [-0.25, -0.2) is 0 Å². The standard InChI is InChI=1S/C11H9NO3/c13-7-8-5-6-11(12(14)15)10-4-2-1-3-9(8)10/h1-6,13H,7H2. The van der Waals surface area contributed by atoms with Crippen LogP contribution in [-0.4, -0.2) is 10.0 Å². The molecular formula is C11H9NO3. The van der Waals surface area contributed by atoms with Crippen LogP contribution in [0, 0.1) is 10.1 Å². The first-order valence-electron chi connectivity index (χ1n) is 4.50. The smallest absolute Gasteiger partial charge is 0.277 e. The summed E-state index contributed by atoms with van der Waals surface area (Å²) in [6.07, 6.45) is 0. The Balaban J connectivity index is 2.83. The zero-order valence-corrected chi connectivity index (χ0v) is 7.88. The second-order valence-electron chi connectivity index (χ2n) is 3.20. The van der Waals surface area contributed by atoms with Gasteiger partial charge < -0.3 is 5.11 Å². The van der Waals surface area contributed by atoms with Crippen molar-refractivity contribution in [1.29, 1.82) is 0 Å². The molecule has 2 rings (SSSR count). The average molecular weight is 203 g/mol. The molecule has 0 aliphatic rings. The van der Waals surface area contributed by atoms with Crippen LogP contribution in [0.2, 0.25) is 0 Å². The zero-order chi connectivity index (χ0) is 10.8. The van der Waals surface area contributed by atoms with E-state index in [2.05, 4.69) is 0 Å². The van der Waals surface area contributed by atoms with Crippen molar-refractivity contribution >= 4 is 16.5 Å². The fourth-order valence-corrected chi connectivity index (χ4v) is 1.64. The summed E-state index contributed by atoms with van der Waals surface area (Å²) in [5.74, 6) is 0. The molecule has 0 bridgehead atoms. The molecule has 4 heteroatoms. The molecule has 0 aliphatic heterocycles. The quantitative estimate of drug-likeness (QED) is 0.601. The van der Waals surface area contributed by atoms with E-state index in [4.69, 9.17) is 5.11 Å². The number of nitro benzene ring substituents is 1. The fourth-order valence-electron chi connectivity index (χ4n) is 1.64. The van der Waals surface area contributed by atoms with Gasteiger partial charge in [-0.1, -0.05) is 18.2 Å². The average Bonchev–Trinajstić information content (AvgIpc) is 2.27. The van der Waals surface area contributed by atoms with E-state index < -0.39 is 4.92 Å². The molecule has 2 aromatic carbocycles. The lowest BCUT2D eigenvalue weighted by Crippen LogP contribution is -1.92.